The van der Waals surface area contributed by atoms with Crippen LogP contribution in [-0.4, -0.2) is 21.3 Å². The molecule has 2 nitrogen and oxygen atoms in total. The standard InChI is InChI=1S/C9H12O2S/c1-12(11)7-9(10)8-5-3-2-4-6-8/h2-6,9-10H,7H2,1H3/t9-,12?/m1/s1. The molecule has 0 radical (unpaired) electrons. The lowest BCUT2D eigenvalue weighted by Crippen LogP contribution is -2.07. The van der Waals surface area contributed by atoms with Crippen molar-refractivity contribution in [3.63, 3.8) is 0 Å². The molecule has 1 N–H and O–H groups in total. The fraction of sp³-hybridized carbons (Fsp3) is 0.333. The third kappa shape index (κ3) is 2.75. The van der Waals surface area contributed by atoms with E-state index < -0.39 is 16.9 Å². The molecule has 0 saturated heterocycles. The molecule has 12 heavy (non-hydrogen) atoms. The molecule has 0 heterocycles. The van der Waals surface area contributed by atoms with Crippen molar-refractivity contribution in [2.45, 2.75) is 6.10 Å². The van der Waals surface area contributed by atoms with Gasteiger partial charge in [-0.25, -0.2) is 0 Å². The Balaban J connectivity index is 2.65. The summed E-state index contributed by atoms with van der Waals surface area (Å²) in [6.07, 6.45) is 0.989. The van der Waals surface area contributed by atoms with Crippen molar-refractivity contribution < 1.29 is 9.32 Å². The predicted molar refractivity (Wildman–Crippen MR) is 50.3 cm³/mol. The SMILES string of the molecule is CS(=O)C[C@@H](O)c1ccccc1. The van der Waals surface area contributed by atoms with Crippen molar-refractivity contribution in [2.24, 2.45) is 0 Å². The second kappa shape index (κ2) is 4.38. The minimum absolute atomic E-state index is 0.310. The third-order valence-electron chi connectivity index (χ3n) is 1.58. The first-order chi connectivity index (χ1) is 5.70. The minimum atomic E-state index is -0.946. The summed E-state index contributed by atoms with van der Waals surface area (Å²) in [5, 5.41) is 9.50. The molecule has 1 aromatic rings. The molecule has 0 saturated carbocycles. The Bertz CT molecular complexity index is 258. The normalized spacial score (nSPS) is 15.5. The lowest BCUT2D eigenvalue weighted by atomic mass is 10.1. The monoisotopic (exact) mass is 184 g/mol. The third-order valence-corrected chi connectivity index (χ3v) is 2.36. The maximum absolute atomic E-state index is 10.8. The van der Waals surface area contributed by atoms with Crippen LogP contribution in [-0.2, 0) is 10.8 Å². The van der Waals surface area contributed by atoms with Gasteiger partial charge in [-0.3, -0.25) is 4.21 Å². The van der Waals surface area contributed by atoms with E-state index in [9.17, 15) is 9.32 Å². The first-order valence-electron chi connectivity index (χ1n) is 3.73. The van der Waals surface area contributed by atoms with Crippen LogP contribution in [0.3, 0.4) is 0 Å². The Labute approximate surface area is 74.7 Å². The van der Waals surface area contributed by atoms with Crippen molar-refractivity contribution in [1.82, 2.24) is 0 Å². The highest BCUT2D eigenvalue weighted by atomic mass is 32.2. The van der Waals surface area contributed by atoms with E-state index in [0.717, 1.165) is 5.56 Å². The van der Waals surface area contributed by atoms with Gasteiger partial charge in [0, 0.05) is 17.1 Å². The van der Waals surface area contributed by atoms with Crippen molar-refractivity contribution in [2.75, 3.05) is 12.0 Å². The van der Waals surface area contributed by atoms with Crippen LogP contribution in [0.15, 0.2) is 30.3 Å². The smallest absolute Gasteiger partial charge is 0.0905 e. The van der Waals surface area contributed by atoms with E-state index in [0.29, 0.717) is 5.75 Å². The van der Waals surface area contributed by atoms with Crippen LogP contribution in [0.2, 0.25) is 0 Å². The number of benzene rings is 1. The zero-order valence-electron chi connectivity index (χ0n) is 6.93. The molecule has 1 unspecified atom stereocenters. The highest BCUT2D eigenvalue weighted by molar-refractivity contribution is 7.84. The molecule has 0 aliphatic carbocycles. The molecule has 66 valence electrons. The van der Waals surface area contributed by atoms with Gasteiger partial charge in [0.05, 0.1) is 11.9 Å². The Morgan fingerprint density at radius 2 is 2.00 bits per heavy atom. The molecule has 2 atom stereocenters. The molecule has 1 rings (SSSR count). The number of hydrogen-bond donors (Lipinski definition) is 1. The largest absolute Gasteiger partial charge is 0.387 e. The number of hydrogen-bond acceptors (Lipinski definition) is 2. The molecule has 0 bridgehead atoms. The van der Waals surface area contributed by atoms with Gasteiger partial charge in [0.15, 0.2) is 0 Å². The average Bonchev–Trinajstić information content (AvgIpc) is 2.05. The van der Waals surface area contributed by atoms with Crippen molar-refractivity contribution in [3.05, 3.63) is 35.9 Å². The van der Waals surface area contributed by atoms with Crippen LogP contribution in [0.5, 0.6) is 0 Å². The summed E-state index contributed by atoms with van der Waals surface area (Å²) in [5.41, 5.74) is 0.827. The van der Waals surface area contributed by atoms with Gasteiger partial charge in [-0.2, -0.15) is 0 Å². The summed E-state index contributed by atoms with van der Waals surface area (Å²) in [6.45, 7) is 0. The van der Waals surface area contributed by atoms with Crippen LogP contribution < -0.4 is 0 Å². The van der Waals surface area contributed by atoms with Gasteiger partial charge in [0.1, 0.15) is 0 Å². The summed E-state index contributed by atoms with van der Waals surface area (Å²) in [4.78, 5) is 0. The van der Waals surface area contributed by atoms with Gasteiger partial charge in [0.25, 0.3) is 0 Å². The second-order valence-corrected chi connectivity index (χ2v) is 4.15. The highest BCUT2D eigenvalue weighted by Gasteiger charge is 2.07. The van der Waals surface area contributed by atoms with E-state index >= 15 is 0 Å². The highest BCUT2D eigenvalue weighted by Crippen LogP contribution is 2.12. The van der Waals surface area contributed by atoms with Gasteiger partial charge in [-0.05, 0) is 5.56 Å². The molecule has 0 aromatic heterocycles. The summed E-state index contributed by atoms with van der Waals surface area (Å²) in [7, 11) is -0.946. The predicted octanol–water partition coefficient (Wildman–Crippen LogP) is 1.10. The second-order valence-electron chi connectivity index (χ2n) is 2.67. The topological polar surface area (TPSA) is 37.3 Å². The molecule has 0 spiro atoms. The van der Waals surface area contributed by atoms with E-state index in [-0.39, 0.29) is 0 Å². The Hall–Kier alpha value is -0.670. The minimum Gasteiger partial charge on any atom is -0.387 e. The van der Waals surface area contributed by atoms with Gasteiger partial charge in [0.2, 0.25) is 0 Å². The van der Waals surface area contributed by atoms with Gasteiger partial charge >= 0.3 is 0 Å². The van der Waals surface area contributed by atoms with Crippen LogP contribution in [0, 0.1) is 0 Å². The Kier molecular flexibility index (Phi) is 3.44. The summed E-state index contributed by atoms with van der Waals surface area (Å²) >= 11 is 0. The molecular weight excluding hydrogens is 172 g/mol. The Morgan fingerprint density at radius 3 is 2.50 bits per heavy atom. The van der Waals surface area contributed by atoms with E-state index in [1.54, 1.807) is 6.26 Å². The molecule has 0 aliphatic rings. The van der Waals surface area contributed by atoms with Gasteiger partial charge in [-0.1, -0.05) is 30.3 Å². The van der Waals surface area contributed by atoms with Gasteiger partial charge < -0.3 is 5.11 Å². The van der Waals surface area contributed by atoms with Crippen LogP contribution in [0.1, 0.15) is 11.7 Å². The average molecular weight is 184 g/mol. The van der Waals surface area contributed by atoms with E-state index in [2.05, 4.69) is 0 Å². The maximum atomic E-state index is 10.8. The summed E-state index contributed by atoms with van der Waals surface area (Å²) < 4.78 is 10.8. The molecule has 0 amide bonds. The lowest BCUT2D eigenvalue weighted by Gasteiger charge is -2.07. The fourth-order valence-corrected chi connectivity index (χ4v) is 1.63. The summed E-state index contributed by atoms with van der Waals surface area (Å²) in [5.74, 6) is 0.310. The zero-order chi connectivity index (χ0) is 8.97. The van der Waals surface area contributed by atoms with E-state index in [1.807, 2.05) is 30.3 Å². The first kappa shape index (κ1) is 9.42. The lowest BCUT2D eigenvalue weighted by molar-refractivity contribution is 0.203. The zero-order valence-corrected chi connectivity index (χ0v) is 7.75. The Morgan fingerprint density at radius 1 is 1.42 bits per heavy atom. The maximum Gasteiger partial charge on any atom is 0.0905 e. The van der Waals surface area contributed by atoms with Crippen molar-refractivity contribution in [1.29, 1.82) is 0 Å². The molecule has 1 aromatic carbocycles. The number of aliphatic hydroxyl groups excluding tert-OH is 1. The molecule has 3 heteroatoms. The van der Waals surface area contributed by atoms with Gasteiger partial charge in [-0.15, -0.1) is 0 Å². The van der Waals surface area contributed by atoms with E-state index in [1.165, 1.54) is 0 Å². The fourth-order valence-electron chi connectivity index (χ4n) is 0.994. The summed E-state index contributed by atoms with van der Waals surface area (Å²) in [6, 6.07) is 9.27. The van der Waals surface area contributed by atoms with Crippen molar-refractivity contribution >= 4 is 10.8 Å². The number of aliphatic hydroxyl groups is 1. The quantitative estimate of drug-likeness (QED) is 0.763. The van der Waals surface area contributed by atoms with Crippen molar-refractivity contribution in [3.8, 4) is 0 Å². The molecule has 0 aliphatic heterocycles. The van der Waals surface area contributed by atoms with Crippen LogP contribution >= 0.6 is 0 Å². The van der Waals surface area contributed by atoms with E-state index in [4.69, 9.17) is 0 Å². The first-order valence-corrected chi connectivity index (χ1v) is 5.46. The van der Waals surface area contributed by atoms with Crippen LogP contribution in [0.4, 0.5) is 0 Å². The number of rotatable bonds is 3. The molecular formula is C9H12O2S. The molecule has 0 fully saturated rings. The van der Waals surface area contributed by atoms with Crippen LogP contribution in [0.25, 0.3) is 0 Å².